The molecule has 20 heavy (non-hydrogen) atoms. The number of ether oxygens (including phenoxy) is 2. The van der Waals surface area contributed by atoms with E-state index in [0.717, 1.165) is 4.47 Å². The van der Waals surface area contributed by atoms with Gasteiger partial charge in [-0.3, -0.25) is 9.78 Å². The van der Waals surface area contributed by atoms with Crippen LogP contribution in [0.1, 0.15) is 10.4 Å². The first kappa shape index (κ1) is 14.3. The summed E-state index contributed by atoms with van der Waals surface area (Å²) in [6.45, 7) is 0. The topological polar surface area (TPSA) is 60.5 Å². The third-order valence-electron chi connectivity index (χ3n) is 2.65. The number of rotatable bonds is 4. The lowest BCUT2D eigenvalue weighted by Crippen LogP contribution is -2.13. The van der Waals surface area contributed by atoms with Gasteiger partial charge >= 0.3 is 0 Å². The molecule has 0 aliphatic rings. The largest absolute Gasteiger partial charge is 0.495 e. The van der Waals surface area contributed by atoms with Crippen LogP contribution in [0.3, 0.4) is 0 Å². The van der Waals surface area contributed by atoms with E-state index in [1.165, 1.54) is 13.3 Å². The van der Waals surface area contributed by atoms with Crippen molar-refractivity contribution in [2.45, 2.75) is 0 Å². The number of carbonyl (C=O) groups is 1. The van der Waals surface area contributed by atoms with Crippen LogP contribution in [0.5, 0.6) is 11.5 Å². The first-order valence-corrected chi connectivity index (χ1v) is 6.58. The summed E-state index contributed by atoms with van der Waals surface area (Å²) < 4.78 is 11.2. The predicted molar refractivity (Wildman–Crippen MR) is 79.4 cm³/mol. The highest BCUT2D eigenvalue weighted by Gasteiger charge is 2.13. The quantitative estimate of drug-likeness (QED) is 0.931. The SMILES string of the molecule is COc1cc(NC(=O)c2cccnc2)c(OC)cc1Br. The van der Waals surface area contributed by atoms with Gasteiger partial charge in [0, 0.05) is 24.5 Å². The molecule has 1 amide bonds. The Morgan fingerprint density at radius 2 is 2.00 bits per heavy atom. The zero-order chi connectivity index (χ0) is 14.5. The number of carbonyl (C=O) groups excluding carboxylic acids is 1. The molecule has 1 aromatic carbocycles. The smallest absolute Gasteiger partial charge is 0.257 e. The lowest BCUT2D eigenvalue weighted by atomic mass is 10.2. The minimum absolute atomic E-state index is 0.263. The van der Waals surface area contributed by atoms with Crippen LogP contribution in [0.2, 0.25) is 0 Å². The van der Waals surface area contributed by atoms with E-state index in [0.29, 0.717) is 22.7 Å². The van der Waals surface area contributed by atoms with Gasteiger partial charge in [-0.15, -0.1) is 0 Å². The molecule has 104 valence electrons. The number of nitrogens with zero attached hydrogens (tertiary/aromatic N) is 1. The molecule has 6 heteroatoms. The number of amides is 1. The number of nitrogens with one attached hydrogen (secondary N) is 1. The van der Waals surface area contributed by atoms with Crippen molar-refractivity contribution >= 4 is 27.5 Å². The van der Waals surface area contributed by atoms with Gasteiger partial charge in [-0.25, -0.2) is 0 Å². The van der Waals surface area contributed by atoms with Gasteiger partial charge < -0.3 is 14.8 Å². The summed E-state index contributed by atoms with van der Waals surface area (Å²) >= 11 is 3.37. The molecule has 0 aliphatic carbocycles. The van der Waals surface area contributed by atoms with Crippen LogP contribution in [0.4, 0.5) is 5.69 Å². The zero-order valence-electron chi connectivity index (χ0n) is 11.0. The lowest BCUT2D eigenvalue weighted by Gasteiger charge is -2.13. The van der Waals surface area contributed by atoms with Gasteiger partial charge in [0.2, 0.25) is 0 Å². The molecule has 0 fully saturated rings. The second kappa shape index (κ2) is 6.38. The third kappa shape index (κ3) is 3.08. The number of methoxy groups -OCH3 is 2. The van der Waals surface area contributed by atoms with Crippen molar-refractivity contribution in [2.75, 3.05) is 19.5 Å². The van der Waals surface area contributed by atoms with Gasteiger partial charge in [0.05, 0.1) is 29.9 Å². The Morgan fingerprint density at radius 3 is 2.60 bits per heavy atom. The number of aromatic nitrogens is 1. The van der Waals surface area contributed by atoms with E-state index in [4.69, 9.17) is 9.47 Å². The van der Waals surface area contributed by atoms with Gasteiger partial charge in [-0.2, -0.15) is 0 Å². The average Bonchev–Trinajstić information content (AvgIpc) is 2.49. The molecule has 0 saturated heterocycles. The molecule has 1 heterocycles. The summed E-state index contributed by atoms with van der Waals surface area (Å²) in [6.07, 6.45) is 3.11. The van der Waals surface area contributed by atoms with Gasteiger partial charge in [0.1, 0.15) is 11.5 Å². The summed E-state index contributed by atoms with van der Waals surface area (Å²) in [5.41, 5.74) is 0.998. The van der Waals surface area contributed by atoms with Crippen LogP contribution in [0.15, 0.2) is 41.1 Å². The fourth-order valence-electron chi connectivity index (χ4n) is 1.65. The minimum Gasteiger partial charge on any atom is -0.495 e. The van der Waals surface area contributed by atoms with E-state index in [9.17, 15) is 4.79 Å². The number of anilines is 1. The van der Waals surface area contributed by atoms with Crippen molar-refractivity contribution in [2.24, 2.45) is 0 Å². The Hall–Kier alpha value is -2.08. The Labute approximate surface area is 125 Å². The number of halogens is 1. The van der Waals surface area contributed by atoms with Gasteiger partial charge in [-0.1, -0.05) is 0 Å². The highest BCUT2D eigenvalue weighted by Crippen LogP contribution is 2.36. The Kier molecular flexibility index (Phi) is 4.57. The minimum atomic E-state index is -0.263. The molecule has 0 aliphatic heterocycles. The molecule has 1 N–H and O–H groups in total. The molecule has 2 rings (SSSR count). The summed E-state index contributed by atoms with van der Waals surface area (Å²) in [7, 11) is 3.09. The molecule has 0 spiro atoms. The normalized spacial score (nSPS) is 9.95. The van der Waals surface area contributed by atoms with Crippen molar-refractivity contribution in [1.29, 1.82) is 0 Å². The molecule has 0 atom stereocenters. The zero-order valence-corrected chi connectivity index (χ0v) is 12.6. The Morgan fingerprint density at radius 1 is 1.25 bits per heavy atom. The molecule has 5 nitrogen and oxygen atoms in total. The van der Waals surface area contributed by atoms with Crippen molar-refractivity contribution in [3.05, 3.63) is 46.7 Å². The van der Waals surface area contributed by atoms with Crippen molar-refractivity contribution in [3.8, 4) is 11.5 Å². The van der Waals surface area contributed by atoms with E-state index >= 15 is 0 Å². The first-order valence-electron chi connectivity index (χ1n) is 5.78. The Bertz CT molecular complexity index is 617. The molecule has 1 aromatic heterocycles. The molecular formula is C14H13BrN2O3. The second-order valence-electron chi connectivity index (χ2n) is 3.88. The maximum Gasteiger partial charge on any atom is 0.257 e. The summed E-state index contributed by atoms with van der Waals surface area (Å²) in [6, 6.07) is 6.81. The van der Waals surface area contributed by atoms with Crippen LogP contribution in [0, 0.1) is 0 Å². The standard InChI is InChI=1S/C14H13BrN2O3/c1-19-12-7-11(13(20-2)6-10(12)15)17-14(18)9-4-3-5-16-8-9/h3-8H,1-2H3,(H,17,18). The van der Waals surface area contributed by atoms with E-state index in [1.807, 2.05) is 0 Å². The monoisotopic (exact) mass is 336 g/mol. The third-order valence-corrected chi connectivity index (χ3v) is 3.27. The highest BCUT2D eigenvalue weighted by atomic mass is 79.9. The van der Waals surface area contributed by atoms with Crippen molar-refractivity contribution in [3.63, 3.8) is 0 Å². The van der Waals surface area contributed by atoms with Crippen LogP contribution in [-0.2, 0) is 0 Å². The molecular weight excluding hydrogens is 324 g/mol. The average molecular weight is 337 g/mol. The number of benzene rings is 1. The van der Waals surface area contributed by atoms with Crippen LogP contribution >= 0.6 is 15.9 Å². The maximum absolute atomic E-state index is 12.1. The van der Waals surface area contributed by atoms with Crippen molar-refractivity contribution in [1.82, 2.24) is 4.98 Å². The first-order chi connectivity index (χ1) is 9.65. The highest BCUT2D eigenvalue weighted by molar-refractivity contribution is 9.10. The van der Waals surface area contributed by atoms with E-state index in [-0.39, 0.29) is 5.91 Å². The predicted octanol–water partition coefficient (Wildman–Crippen LogP) is 3.11. The number of hydrogen-bond acceptors (Lipinski definition) is 4. The van der Waals surface area contributed by atoms with Gasteiger partial charge in [-0.05, 0) is 28.1 Å². The fourth-order valence-corrected chi connectivity index (χ4v) is 2.13. The van der Waals surface area contributed by atoms with Gasteiger partial charge in [0.15, 0.2) is 0 Å². The fraction of sp³-hybridized carbons (Fsp3) is 0.143. The van der Waals surface area contributed by atoms with Crippen molar-refractivity contribution < 1.29 is 14.3 Å². The van der Waals surface area contributed by atoms with Gasteiger partial charge in [0.25, 0.3) is 5.91 Å². The summed E-state index contributed by atoms with van der Waals surface area (Å²) in [5, 5.41) is 2.77. The summed E-state index contributed by atoms with van der Waals surface area (Å²) in [4.78, 5) is 16.0. The Balaban J connectivity index is 2.31. The molecule has 0 bridgehead atoms. The lowest BCUT2D eigenvalue weighted by molar-refractivity contribution is 0.102. The number of pyridine rings is 1. The molecule has 2 aromatic rings. The van der Waals surface area contributed by atoms with Crippen LogP contribution < -0.4 is 14.8 Å². The van der Waals surface area contributed by atoms with E-state index in [2.05, 4.69) is 26.2 Å². The summed E-state index contributed by atoms with van der Waals surface area (Å²) in [5.74, 6) is 0.878. The molecule has 0 radical (unpaired) electrons. The van der Waals surface area contributed by atoms with Crippen LogP contribution in [0.25, 0.3) is 0 Å². The molecule has 0 saturated carbocycles. The maximum atomic E-state index is 12.1. The molecule has 0 unspecified atom stereocenters. The van der Waals surface area contributed by atoms with Crippen LogP contribution in [-0.4, -0.2) is 25.1 Å². The number of hydrogen-bond donors (Lipinski definition) is 1. The van der Waals surface area contributed by atoms with E-state index in [1.54, 1.807) is 37.6 Å². The second-order valence-corrected chi connectivity index (χ2v) is 4.74. The van der Waals surface area contributed by atoms with E-state index < -0.39 is 0 Å².